The van der Waals surface area contributed by atoms with E-state index in [-0.39, 0.29) is 35.5 Å². The van der Waals surface area contributed by atoms with E-state index in [2.05, 4.69) is 5.32 Å². The topological polar surface area (TPSA) is 96.0 Å². The van der Waals surface area contributed by atoms with Crippen molar-refractivity contribution in [3.05, 3.63) is 24.3 Å². The maximum Gasteiger partial charge on any atom is 0.244 e. The minimum Gasteiger partial charge on any atom is -0.373 e. The molecule has 1 aromatic rings. The van der Waals surface area contributed by atoms with Gasteiger partial charge in [-0.05, 0) is 38.1 Å². The van der Waals surface area contributed by atoms with Gasteiger partial charge < -0.3 is 15.0 Å². The van der Waals surface area contributed by atoms with Crippen LogP contribution in [0.25, 0.3) is 0 Å². The monoisotopic (exact) mass is 413 g/mol. The molecule has 0 unspecified atom stereocenters. The molecule has 27 heavy (non-hydrogen) atoms. The summed E-state index contributed by atoms with van der Waals surface area (Å²) in [5.74, 6) is 0.557. The van der Waals surface area contributed by atoms with Crippen molar-refractivity contribution in [3.8, 4) is 0 Å². The van der Waals surface area contributed by atoms with Gasteiger partial charge in [-0.1, -0.05) is 0 Å². The lowest BCUT2D eigenvalue weighted by atomic mass is 10.3. The summed E-state index contributed by atoms with van der Waals surface area (Å²) in [6.07, 6.45) is -0.318. The van der Waals surface area contributed by atoms with Crippen LogP contribution in [0.15, 0.2) is 29.2 Å². The van der Waals surface area contributed by atoms with E-state index in [0.29, 0.717) is 30.4 Å². The molecule has 1 N–H and O–H groups in total. The number of benzene rings is 1. The predicted octanol–water partition coefficient (Wildman–Crippen LogP) is 0.956. The van der Waals surface area contributed by atoms with E-state index in [9.17, 15) is 18.0 Å². The van der Waals surface area contributed by atoms with Crippen molar-refractivity contribution < 1.29 is 22.7 Å². The molecular formula is C17H23N3O5S2. The average Bonchev–Trinajstić information content (AvgIpc) is 2.99. The fourth-order valence-corrected chi connectivity index (χ4v) is 5.60. The third-order valence-corrected chi connectivity index (χ3v) is 7.11. The number of hydrogen-bond acceptors (Lipinski definition) is 6. The van der Waals surface area contributed by atoms with E-state index in [0.717, 1.165) is 0 Å². The van der Waals surface area contributed by atoms with Crippen LogP contribution in [0.3, 0.4) is 0 Å². The molecular weight excluding hydrogens is 390 g/mol. The number of hydrogen-bond donors (Lipinski definition) is 1. The highest BCUT2D eigenvalue weighted by Gasteiger charge is 2.32. The van der Waals surface area contributed by atoms with Crippen molar-refractivity contribution in [1.82, 2.24) is 9.21 Å². The van der Waals surface area contributed by atoms with Gasteiger partial charge in [-0.15, -0.1) is 11.8 Å². The molecule has 2 fully saturated rings. The standard InChI is InChI=1S/C17H23N3O5S2/c1-12-7-20(8-13(2)25-12)27(23,24)15-5-3-14(4-6-15)18-16(21)9-19-11-26-10-17(19)22/h3-6,12-13H,7-11H2,1-2H3,(H,18,21)/t12-,13-/m1/s1. The van der Waals surface area contributed by atoms with Gasteiger partial charge in [0.2, 0.25) is 21.8 Å². The van der Waals surface area contributed by atoms with Crippen molar-refractivity contribution in [2.75, 3.05) is 36.6 Å². The first-order valence-electron chi connectivity index (χ1n) is 8.67. The van der Waals surface area contributed by atoms with E-state index in [4.69, 9.17) is 4.74 Å². The molecule has 0 saturated carbocycles. The highest BCUT2D eigenvalue weighted by atomic mass is 32.2. The molecule has 0 aliphatic carbocycles. The Hall–Kier alpha value is -1.62. The van der Waals surface area contributed by atoms with Crippen molar-refractivity contribution in [3.63, 3.8) is 0 Å². The molecule has 0 bridgehead atoms. The van der Waals surface area contributed by atoms with Crippen molar-refractivity contribution in [1.29, 1.82) is 0 Å². The van der Waals surface area contributed by atoms with Crippen LogP contribution >= 0.6 is 11.8 Å². The second-order valence-electron chi connectivity index (χ2n) is 6.72. The normalized spacial score (nSPS) is 24.2. The maximum atomic E-state index is 12.8. The number of rotatable bonds is 5. The Morgan fingerprint density at radius 1 is 1.22 bits per heavy atom. The molecule has 2 amide bonds. The molecule has 0 radical (unpaired) electrons. The molecule has 2 atom stereocenters. The molecule has 2 aliphatic rings. The van der Waals surface area contributed by atoms with Crippen LogP contribution in [-0.2, 0) is 24.3 Å². The molecule has 0 aromatic heterocycles. The zero-order valence-electron chi connectivity index (χ0n) is 15.3. The molecule has 2 aliphatic heterocycles. The van der Waals surface area contributed by atoms with E-state index in [1.165, 1.54) is 33.1 Å². The molecule has 2 heterocycles. The third-order valence-electron chi connectivity index (χ3n) is 4.32. The SMILES string of the molecule is C[C@@H]1CN(S(=O)(=O)c2ccc(NC(=O)CN3CSCC3=O)cc2)C[C@@H](C)O1. The summed E-state index contributed by atoms with van der Waals surface area (Å²) in [7, 11) is -3.61. The summed E-state index contributed by atoms with van der Waals surface area (Å²) in [5, 5.41) is 2.69. The number of thioether (sulfide) groups is 1. The van der Waals surface area contributed by atoms with Crippen molar-refractivity contribution >= 4 is 39.3 Å². The number of ether oxygens (including phenoxy) is 1. The van der Waals surface area contributed by atoms with E-state index in [1.807, 2.05) is 13.8 Å². The number of carbonyl (C=O) groups excluding carboxylic acids is 2. The summed E-state index contributed by atoms with van der Waals surface area (Å²) >= 11 is 1.47. The molecule has 0 spiro atoms. The highest BCUT2D eigenvalue weighted by Crippen LogP contribution is 2.22. The van der Waals surface area contributed by atoms with E-state index >= 15 is 0 Å². The number of morpholine rings is 1. The fraction of sp³-hybridized carbons (Fsp3) is 0.529. The number of anilines is 1. The Balaban J connectivity index is 1.64. The molecule has 2 saturated heterocycles. The van der Waals surface area contributed by atoms with Crippen LogP contribution in [-0.4, -0.2) is 72.9 Å². The number of nitrogens with one attached hydrogen (secondary N) is 1. The molecule has 148 valence electrons. The van der Waals surface area contributed by atoms with Crippen molar-refractivity contribution in [2.24, 2.45) is 0 Å². The molecule has 8 nitrogen and oxygen atoms in total. The Labute approximate surface area is 163 Å². The Morgan fingerprint density at radius 2 is 1.85 bits per heavy atom. The van der Waals surface area contributed by atoms with Crippen LogP contribution in [0.5, 0.6) is 0 Å². The largest absolute Gasteiger partial charge is 0.373 e. The third kappa shape index (κ3) is 4.81. The second-order valence-corrected chi connectivity index (χ2v) is 9.61. The summed E-state index contributed by atoms with van der Waals surface area (Å²) < 4.78 is 32.6. The van der Waals surface area contributed by atoms with Gasteiger partial charge >= 0.3 is 0 Å². The van der Waals surface area contributed by atoms with Gasteiger partial charge in [0.05, 0.1) is 28.7 Å². The Kier molecular flexibility index (Phi) is 6.09. The van der Waals surface area contributed by atoms with Crippen molar-refractivity contribution in [2.45, 2.75) is 31.0 Å². The number of sulfonamides is 1. The lowest BCUT2D eigenvalue weighted by Gasteiger charge is -2.34. The van der Waals surface area contributed by atoms with Gasteiger partial charge in [0, 0.05) is 18.8 Å². The summed E-state index contributed by atoms with van der Waals surface area (Å²) in [5.41, 5.74) is 0.488. The molecule has 10 heteroatoms. The zero-order valence-corrected chi connectivity index (χ0v) is 16.9. The van der Waals surface area contributed by atoms with Crippen LogP contribution in [0.1, 0.15) is 13.8 Å². The summed E-state index contributed by atoms with van der Waals surface area (Å²) in [6, 6.07) is 6.07. The highest BCUT2D eigenvalue weighted by molar-refractivity contribution is 8.00. The average molecular weight is 414 g/mol. The number of nitrogens with zero attached hydrogens (tertiary/aromatic N) is 2. The van der Waals surface area contributed by atoms with Crippen LogP contribution in [0.2, 0.25) is 0 Å². The van der Waals surface area contributed by atoms with Gasteiger partial charge in [-0.3, -0.25) is 9.59 Å². The zero-order chi connectivity index (χ0) is 19.6. The smallest absolute Gasteiger partial charge is 0.244 e. The molecule has 3 rings (SSSR count). The maximum absolute atomic E-state index is 12.8. The fourth-order valence-electron chi connectivity index (χ4n) is 3.10. The predicted molar refractivity (Wildman–Crippen MR) is 103 cm³/mol. The first-order chi connectivity index (χ1) is 12.8. The van der Waals surface area contributed by atoms with Crippen LogP contribution in [0.4, 0.5) is 5.69 Å². The van der Waals surface area contributed by atoms with Gasteiger partial charge in [0.25, 0.3) is 0 Å². The van der Waals surface area contributed by atoms with Gasteiger partial charge in [0.1, 0.15) is 6.54 Å². The molecule has 1 aromatic carbocycles. The van der Waals surface area contributed by atoms with Crippen LogP contribution in [0, 0.1) is 0 Å². The van der Waals surface area contributed by atoms with Gasteiger partial charge in [-0.25, -0.2) is 8.42 Å². The first-order valence-corrected chi connectivity index (χ1v) is 11.3. The second kappa shape index (κ2) is 8.17. The lowest BCUT2D eigenvalue weighted by molar-refractivity contribution is -0.130. The minimum absolute atomic E-state index is 0.00453. The Bertz CT molecular complexity index is 802. The summed E-state index contributed by atoms with van der Waals surface area (Å²) in [4.78, 5) is 25.3. The first kappa shape index (κ1) is 20.1. The Morgan fingerprint density at radius 3 is 2.41 bits per heavy atom. The lowest BCUT2D eigenvalue weighted by Crippen LogP contribution is -2.48. The van der Waals surface area contributed by atoms with E-state index in [1.54, 1.807) is 12.1 Å². The minimum atomic E-state index is -3.61. The number of amides is 2. The number of carbonyl (C=O) groups is 2. The van der Waals surface area contributed by atoms with Gasteiger partial charge in [-0.2, -0.15) is 4.31 Å². The summed E-state index contributed by atoms with van der Waals surface area (Å²) in [6.45, 7) is 4.32. The van der Waals surface area contributed by atoms with Gasteiger partial charge in [0.15, 0.2) is 0 Å². The quantitative estimate of drug-likeness (QED) is 0.772. The van der Waals surface area contributed by atoms with E-state index < -0.39 is 10.0 Å². The van der Waals surface area contributed by atoms with Crippen LogP contribution < -0.4 is 5.32 Å².